The van der Waals surface area contributed by atoms with Gasteiger partial charge in [-0.25, -0.2) is 9.78 Å². The van der Waals surface area contributed by atoms with Gasteiger partial charge in [0.1, 0.15) is 17.0 Å². The lowest BCUT2D eigenvalue weighted by Gasteiger charge is -2.09. The van der Waals surface area contributed by atoms with Crippen LogP contribution < -0.4 is 5.32 Å². The van der Waals surface area contributed by atoms with E-state index in [1.54, 1.807) is 12.1 Å². The Kier molecular flexibility index (Phi) is 5.12. The number of carboxylic acid groups (broad SMARTS) is 1. The second-order valence-electron chi connectivity index (χ2n) is 6.60. The maximum absolute atomic E-state index is 12.7. The summed E-state index contributed by atoms with van der Waals surface area (Å²) in [7, 11) is 0. The average Bonchev–Trinajstić information content (AvgIpc) is 3.08. The van der Waals surface area contributed by atoms with Crippen molar-refractivity contribution in [3.63, 3.8) is 0 Å². The van der Waals surface area contributed by atoms with Crippen LogP contribution in [0.25, 0.3) is 16.9 Å². The fourth-order valence-corrected chi connectivity index (χ4v) is 3.32. The van der Waals surface area contributed by atoms with Crippen LogP contribution in [0.4, 0.5) is 5.69 Å². The Bertz CT molecular complexity index is 1270. The van der Waals surface area contributed by atoms with E-state index in [2.05, 4.69) is 10.3 Å². The minimum atomic E-state index is -1.28. The molecule has 0 radical (unpaired) electrons. The summed E-state index contributed by atoms with van der Waals surface area (Å²) in [6, 6.07) is 16.6. The number of hydrogen-bond donors (Lipinski definition) is 3. The van der Waals surface area contributed by atoms with E-state index in [0.29, 0.717) is 22.1 Å². The van der Waals surface area contributed by atoms with Gasteiger partial charge in [-0.15, -0.1) is 0 Å². The summed E-state index contributed by atoms with van der Waals surface area (Å²) in [4.78, 5) is 28.6. The van der Waals surface area contributed by atoms with Crippen molar-refractivity contribution in [1.29, 1.82) is 0 Å². The number of halogens is 1. The number of hydrogen-bond acceptors (Lipinski definition) is 4. The van der Waals surface area contributed by atoms with Crippen molar-refractivity contribution in [2.45, 2.75) is 6.42 Å². The molecule has 7 nitrogen and oxygen atoms in total. The lowest BCUT2D eigenvalue weighted by molar-refractivity contribution is -0.115. The second kappa shape index (κ2) is 7.88. The van der Waals surface area contributed by atoms with Gasteiger partial charge in [-0.1, -0.05) is 29.8 Å². The summed E-state index contributed by atoms with van der Waals surface area (Å²) in [5, 5.41) is 22.1. The molecule has 2 aromatic carbocycles. The number of aromatic hydroxyl groups is 1. The standard InChI is InChI=1S/C22H16ClN3O4/c23-14-6-4-13(5-7-14)21-17(26-10-2-1-3-19(26)25-21)12-20(28)24-15-8-9-18(27)16(11-15)22(29)30/h1-11,27H,12H2,(H,24,28)(H,29,30). The monoisotopic (exact) mass is 421 g/mol. The number of pyridine rings is 1. The summed E-state index contributed by atoms with van der Waals surface area (Å²) in [5.74, 6) is -2.00. The quantitative estimate of drug-likeness (QED) is 0.418. The molecule has 0 bridgehead atoms. The summed E-state index contributed by atoms with van der Waals surface area (Å²) < 4.78 is 1.84. The maximum Gasteiger partial charge on any atom is 0.339 e. The van der Waals surface area contributed by atoms with Crippen LogP contribution in [0.2, 0.25) is 5.02 Å². The molecule has 0 aliphatic heterocycles. The van der Waals surface area contributed by atoms with Crippen molar-refractivity contribution >= 4 is 34.8 Å². The third-order valence-electron chi connectivity index (χ3n) is 4.59. The molecule has 4 rings (SSSR count). The van der Waals surface area contributed by atoms with E-state index in [9.17, 15) is 14.7 Å². The highest BCUT2D eigenvalue weighted by atomic mass is 35.5. The van der Waals surface area contributed by atoms with Gasteiger partial charge in [0.25, 0.3) is 0 Å². The van der Waals surface area contributed by atoms with E-state index in [0.717, 1.165) is 5.56 Å². The molecule has 0 atom stereocenters. The number of nitrogens with zero attached hydrogens (tertiary/aromatic N) is 2. The number of aromatic nitrogens is 2. The van der Waals surface area contributed by atoms with Gasteiger partial charge in [0.2, 0.25) is 5.91 Å². The van der Waals surface area contributed by atoms with Gasteiger partial charge in [-0.3, -0.25) is 4.79 Å². The van der Waals surface area contributed by atoms with Crippen molar-refractivity contribution in [1.82, 2.24) is 9.38 Å². The highest BCUT2D eigenvalue weighted by Gasteiger charge is 2.18. The first kappa shape index (κ1) is 19.5. The highest BCUT2D eigenvalue weighted by molar-refractivity contribution is 6.30. The zero-order chi connectivity index (χ0) is 21.3. The number of phenols is 1. The first-order valence-electron chi connectivity index (χ1n) is 9.00. The zero-order valence-electron chi connectivity index (χ0n) is 15.5. The van der Waals surface area contributed by atoms with E-state index in [1.807, 2.05) is 40.9 Å². The number of carboxylic acids is 1. The number of nitrogens with one attached hydrogen (secondary N) is 1. The minimum Gasteiger partial charge on any atom is -0.507 e. The SMILES string of the molecule is O=C(Cc1c(-c2ccc(Cl)cc2)nc2ccccn12)Nc1ccc(O)c(C(=O)O)c1. The van der Waals surface area contributed by atoms with Crippen LogP contribution in [0.1, 0.15) is 16.1 Å². The minimum absolute atomic E-state index is 0.00637. The molecule has 2 aromatic heterocycles. The maximum atomic E-state index is 12.7. The predicted molar refractivity (Wildman–Crippen MR) is 113 cm³/mol. The number of carbonyl (C=O) groups is 2. The lowest BCUT2D eigenvalue weighted by Crippen LogP contribution is -2.16. The molecule has 4 aromatic rings. The first-order chi connectivity index (χ1) is 14.4. The summed E-state index contributed by atoms with van der Waals surface area (Å²) in [5.41, 5.74) is 2.85. The number of aromatic carboxylic acids is 1. The van der Waals surface area contributed by atoms with Gasteiger partial charge in [-0.05, 0) is 42.5 Å². The van der Waals surface area contributed by atoms with Crippen LogP contribution in [0, 0.1) is 0 Å². The van der Waals surface area contributed by atoms with Gasteiger partial charge in [0.05, 0.1) is 17.8 Å². The molecule has 0 unspecified atom stereocenters. The lowest BCUT2D eigenvalue weighted by atomic mass is 10.1. The van der Waals surface area contributed by atoms with Crippen LogP contribution in [0.15, 0.2) is 66.9 Å². The molecule has 0 saturated carbocycles. The Morgan fingerprint density at radius 2 is 1.83 bits per heavy atom. The molecule has 0 aliphatic rings. The van der Waals surface area contributed by atoms with Gasteiger partial charge < -0.3 is 19.9 Å². The Balaban J connectivity index is 1.67. The molecule has 30 heavy (non-hydrogen) atoms. The molecule has 0 spiro atoms. The number of imidazole rings is 1. The third kappa shape index (κ3) is 3.83. The van der Waals surface area contributed by atoms with Crippen molar-refractivity contribution in [3.8, 4) is 17.0 Å². The van der Waals surface area contributed by atoms with Crippen molar-refractivity contribution in [2.75, 3.05) is 5.32 Å². The fraction of sp³-hybridized carbons (Fsp3) is 0.0455. The molecule has 1 amide bonds. The molecule has 0 aliphatic carbocycles. The van der Waals surface area contributed by atoms with E-state index in [1.165, 1.54) is 18.2 Å². The number of fused-ring (bicyclic) bond motifs is 1. The average molecular weight is 422 g/mol. The second-order valence-corrected chi connectivity index (χ2v) is 7.04. The van der Waals surface area contributed by atoms with Gasteiger partial charge in [-0.2, -0.15) is 0 Å². The predicted octanol–water partition coefficient (Wildman–Crippen LogP) is 4.24. The van der Waals surface area contributed by atoms with E-state index >= 15 is 0 Å². The normalized spacial score (nSPS) is 10.8. The summed E-state index contributed by atoms with van der Waals surface area (Å²) in [6.07, 6.45) is 1.83. The molecule has 8 heteroatoms. The number of amides is 1. The molecule has 0 saturated heterocycles. The topological polar surface area (TPSA) is 104 Å². The molecule has 2 heterocycles. The van der Waals surface area contributed by atoms with Crippen molar-refractivity contribution in [3.05, 3.63) is 83.1 Å². The van der Waals surface area contributed by atoms with E-state index in [-0.39, 0.29) is 29.3 Å². The Labute approximate surface area is 176 Å². The highest BCUT2D eigenvalue weighted by Crippen LogP contribution is 2.27. The molecule has 150 valence electrons. The number of carbonyl (C=O) groups excluding carboxylic acids is 1. The Hall–Kier alpha value is -3.84. The Morgan fingerprint density at radius 1 is 1.07 bits per heavy atom. The van der Waals surface area contributed by atoms with Crippen LogP contribution in [0.5, 0.6) is 5.75 Å². The smallest absolute Gasteiger partial charge is 0.339 e. The van der Waals surface area contributed by atoms with Gasteiger partial charge in [0, 0.05) is 22.5 Å². The van der Waals surface area contributed by atoms with E-state index < -0.39 is 5.97 Å². The van der Waals surface area contributed by atoms with Crippen LogP contribution in [0.3, 0.4) is 0 Å². The van der Waals surface area contributed by atoms with Crippen LogP contribution in [-0.4, -0.2) is 31.5 Å². The zero-order valence-corrected chi connectivity index (χ0v) is 16.3. The number of rotatable bonds is 5. The molecule has 3 N–H and O–H groups in total. The number of benzene rings is 2. The Morgan fingerprint density at radius 3 is 2.57 bits per heavy atom. The van der Waals surface area contributed by atoms with Crippen molar-refractivity contribution in [2.24, 2.45) is 0 Å². The van der Waals surface area contributed by atoms with Crippen molar-refractivity contribution < 1.29 is 19.8 Å². The van der Waals surface area contributed by atoms with Crippen LogP contribution in [-0.2, 0) is 11.2 Å². The fourth-order valence-electron chi connectivity index (χ4n) is 3.20. The molecular weight excluding hydrogens is 406 g/mol. The molecular formula is C22H16ClN3O4. The third-order valence-corrected chi connectivity index (χ3v) is 4.84. The van der Waals surface area contributed by atoms with Gasteiger partial charge >= 0.3 is 5.97 Å². The van der Waals surface area contributed by atoms with Crippen LogP contribution >= 0.6 is 11.6 Å². The number of anilines is 1. The van der Waals surface area contributed by atoms with Gasteiger partial charge in [0.15, 0.2) is 0 Å². The summed E-state index contributed by atoms with van der Waals surface area (Å²) >= 11 is 5.99. The van der Waals surface area contributed by atoms with E-state index in [4.69, 9.17) is 16.7 Å². The summed E-state index contributed by atoms with van der Waals surface area (Å²) in [6.45, 7) is 0. The molecule has 0 fully saturated rings. The first-order valence-corrected chi connectivity index (χ1v) is 9.38. The largest absolute Gasteiger partial charge is 0.507 e.